The smallest absolute Gasteiger partial charge is 0.261 e. The Morgan fingerprint density at radius 1 is 1.00 bits per heavy atom. The number of nitrogens with one attached hydrogen (secondary N) is 1. The second-order valence-corrected chi connectivity index (χ2v) is 8.21. The highest BCUT2D eigenvalue weighted by molar-refractivity contribution is 6.42. The van der Waals surface area contributed by atoms with Gasteiger partial charge in [0.25, 0.3) is 5.91 Å². The predicted molar refractivity (Wildman–Crippen MR) is 121 cm³/mol. The summed E-state index contributed by atoms with van der Waals surface area (Å²) >= 11 is 12.1. The first-order valence-electron chi connectivity index (χ1n) is 9.96. The molecule has 0 spiro atoms. The molecule has 2 rings (SSSR count). The number of amides is 2. The van der Waals surface area contributed by atoms with Crippen LogP contribution in [0.15, 0.2) is 42.5 Å². The molecule has 5 nitrogen and oxygen atoms in total. The van der Waals surface area contributed by atoms with E-state index in [9.17, 15) is 9.59 Å². The van der Waals surface area contributed by atoms with Crippen molar-refractivity contribution in [1.82, 2.24) is 10.2 Å². The Morgan fingerprint density at radius 3 is 2.20 bits per heavy atom. The largest absolute Gasteiger partial charge is 0.484 e. The Kier molecular flexibility index (Phi) is 9.00. The second kappa shape index (κ2) is 11.2. The highest BCUT2D eigenvalue weighted by Gasteiger charge is 2.27. The molecule has 162 valence electrons. The summed E-state index contributed by atoms with van der Waals surface area (Å²) in [4.78, 5) is 27.0. The molecule has 2 aromatic rings. The zero-order chi connectivity index (χ0) is 22.3. The van der Waals surface area contributed by atoms with Gasteiger partial charge in [-0.3, -0.25) is 9.59 Å². The number of halogens is 2. The van der Waals surface area contributed by atoms with E-state index in [1.807, 2.05) is 38.1 Å². The maximum absolute atomic E-state index is 13.0. The number of hydrogen-bond donors (Lipinski definition) is 1. The number of carbonyl (C=O) groups excluding carboxylic acids is 2. The van der Waals surface area contributed by atoms with Crippen LogP contribution < -0.4 is 10.1 Å². The van der Waals surface area contributed by atoms with Gasteiger partial charge in [0.05, 0.1) is 10.0 Å². The van der Waals surface area contributed by atoms with Crippen molar-refractivity contribution in [2.75, 3.05) is 6.61 Å². The third-order valence-corrected chi connectivity index (χ3v) is 5.37. The van der Waals surface area contributed by atoms with Gasteiger partial charge >= 0.3 is 0 Å². The van der Waals surface area contributed by atoms with Crippen LogP contribution in [0.2, 0.25) is 10.0 Å². The lowest BCUT2D eigenvalue weighted by molar-refractivity contribution is -0.142. The molecule has 0 saturated carbocycles. The predicted octanol–water partition coefficient (Wildman–Crippen LogP) is 4.88. The van der Waals surface area contributed by atoms with Gasteiger partial charge < -0.3 is 15.0 Å². The zero-order valence-electron chi connectivity index (χ0n) is 17.7. The Labute approximate surface area is 188 Å². The molecule has 2 aromatic carbocycles. The van der Waals surface area contributed by atoms with Crippen molar-refractivity contribution in [3.8, 4) is 5.75 Å². The van der Waals surface area contributed by atoms with E-state index in [1.54, 1.807) is 25.1 Å². The van der Waals surface area contributed by atoms with Gasteiger partial charge in [-0.1, -0.05) is 48.3 Å². The number of nitrogens with zero attached hydrogens (tertiary/aromatic N) is 1. The second-order valence-electron chi connectivity index (χ2n) is 7.40. The monoisotopic (exact) mass is 450 g/mol. The zero-order valence-corrected chi connectivity index (χ0v) is 19.3. The van der Waals surface area contributed by atoms with Gasteiger partial charge in [0.1, 0.15) is 11.8 Å². The van der Waals surface area contributed by atoms with E-state index in [4.69, 9.17) is 27.9 Å². The van der Waals surface area contributed by atoms with Gasteiger partial charge in [0.2, 0.25) is 5.91 Å². The molecule has 30 heavy (non-hydrogen) atoms. The summed E-state index contributed by atoms with van der Waals surface area (Å²) in [5, 5.41) is 3.68. The highest BCUT2D eigenvalue weighted by atomic mass is 35.5. The summed E-state index contributed by atoms with van der Waals surface area (Å²) in [6.45, 7) is 7.55. The highest BCUT2D eigenvalue weighted by Crippen LogP contribution is 2.24. The van der Waals surface area contributed by atoms with Crippen LogP contribution in [0.5, 0.6) is 5.75 Å². The third kappa shape index (κ3) is 6.92. The summed E-state index contributed by atoms with van der Waals surface area (Å²) < 4.78 is 5.67. The molecule has 1 atom stereocenters. The van der Waals surface area contributed by atoms with Crippen LogP contribution in [-0.4, -0.2) is 35.4 Å². The van der Waals surface area contributed by atoms with Gasteiger partial charge in [-0.05, 0) is 62.6 Å². The van der Waals surface area contributed by atoms with Crippen molar-refractivity contribution in [3.05, 3.63) is 63.6 Å². The number of carbonyl (C=O) groups is 2. The van der Waals surface area contributed by atoms with Crippen molar-refractivity contribution in [2.24, 2.45) is 0 Å². The molecule has 0 aliphatic rings. The van der Waals surface area contributed by atoms with E-state index in [-0.39, 0.29) is 31.0 Å². The first-order chi connectivity index (χ1) is 14.2. The molecular formula is C23H28Cl2N2O3. The van der Waals surface area contributed by atoms with E-state index in [0.29, 0.717) is 15.8 Å². The van der Waals surface area contributed by atoms with Gasteiger partial charge in [0, 0.05) is 12.6 Å². The summed E-state index contributed by atoms with van der Waals surface area (Å²) in [5.74, 6) is 0.0760. The van der Waals surface area contributed by atoms with Crippen LogP contribution in [0.25, 0.3) is 0 Å². The van der Waals surface area contributed by atoms with Crippen molar-refractivity contribution < 1.29 is 14.3 Å². The molecule has 2 amide bonds. The molecule has 1 N–H and O–H groups in total. The van der Waals surface area contributed by atoms with Crippen molar-refractivity contribution in [3.63, 3.8) is 0 Å². The number of ether oxygens (including phenoxy) is 1. The summed E-state index contributed by atoms with van der Waals surface area (Å²) in [6, 6.07) is 12.0. The Morgan fingerprint density at radius 2 is 1.63 bits per heavy atom. The Hall–Kier alpha value is -2.24. The normalized spacial score (nSPS) is 11.8. The lowest BCUT2D eigenvalue weighted by Gasteiger charge is -2.29. The molecule has 0 aliphatic heterocycles. The first-order valence-corrected chi connectivity index (χ1v) is 10.7. The Balaban J connectivity index is 2.16. The van der Waals surface area contributed by atoms with Crippen molar-refractivity contribution >= 4 is 35.0 Å². The lowest BCUT2D eigenvalue weighted by Crippen LogP contribution is -2.50. The number of aryl methyl sites for hydroxylation is 1. The molecule has 0 heterocycles. The summed E-state index contributed by atoms with van der Waals surface area (Å²) in [6.07, 6.45) is 0.930. The third-order valence-electron chi connectivity index (χ3n) is 4.63. The van der Waals surface area contributed by atoms with Crippen LogP contribution >= 0.6 is 23.2 Å². The molecule has 7 heteroatoms. The molecule has 0 radical (unpaired) electrons. The molecule has 0 aromatic heterocycles. The number of rotatable bonds is 9. The minimum absolute atomic E-state index is 0.0322. The van der Waals surface area contributed by atoms with Crippen LogP contribution in [0.1, 0.15) is 38.8 Å². The molecule has 0 aliphatic carbocycles. The van der Waals surface area contributed by atoms with E-state index in [1.165, 1.54) is 10.5 Å². The molecule has 0 unspecified atom stereocenters. The molecule has 0 fully saturated rings. The quantitative estimate of drug-likeness (QED) is 0.592. The first kappa shape index (κ1) is 24.0. The van der Waals surface area contributed by atoms with Crippen LogP contribution in [0.4, 0.5) is 0 Å². The van der Waals surface area contributed by atoms with E-state index >= 15 is 0 Å². The molecule has 0 bridgehead atoms. The van der Waals surface area contributed by atoms with E-state index in [2.05, 4.69) is 12.2 Å². The van der Waals surface area contributed by atoms with E-state index in [0.717, 1.165) is 12.0 Å². The molecular weight excluding hydrogens is 423 g/mol. The number of hydrogen-bond acceptors (Lipinski definition) is 3. The maximum Gasteiger partial charge on any atom is 0.261 e. The summed E-state index contributed by atoms with van der Waals surface area (Å²) in [5.41, 5.74) is 1.96. The van der Waals surface area contributed by atoms with Crippen LogP contribution in [0.3, 0.4) is 0 Å². The fourth-order valence-corrected chi connectivity index (χ4v) is 3.19. The standard InChI is InChI=1S/C23H28Cl2N2O3/c1-5-17-6-9-19(10-7-17)30-14-22(28)27(16(4)23(29)26-15(2)3)13-18-8-11-20(24)21(25)12-18/h6-12,15-16H,5,13-14H2,1-4H3,(H,26,29)/t16-/m0/s1. The number of benzene rings is 2. The van der Waals surface area contributed by atoms with Crippen LogP contribution in [0, 0.1) is 0 Å². The minimum atomic E-state index is -0.680. The average Bonchev–Trinajstić information content (AvgIpc) is 2.72. The fourth-order valence-electron chi connectivity index (χ4n) is 2.87. The minimum Gasteiger partial charge on any atom is -0.484 e. The van der Waals surface area contributed by atoms with Gasteiger partial charge in [0.15, 0.2) is 6.61 Å². The van der Waals surface area contributed by atoms with Crippen molar-refractivity contribution in [1.29, 1.82) is 0 Å². The maximum atomic E-state index is 13.0. The average molecular weight is 451 g/mol. The van der Waals surface area contributed by atoms with Gasteiger partial charge in [-0.2, -0.15) is 0 Å². The topological polar surface area (TPSA) is 58.6 Å². The fraction of sp³-hybridized carbons (Fsp3) is 0.391. The van der Waals surface area contributed by atoms with Gasteiger partial charge in [-0.25, -0.2) is 0 Å². The lowest BCUT2D eigenvalue weighted by atomic mass is 10.1. The molecule has 0 saturated heterocycles. The van der Waals surface area contributed by atoms with E-state index < -0.39 is 6.04 Å². The van der Waals surface area contributed by atoms with Gasteiger partial charge in [-0.15, -0.1) is 0 Å². The Bertz CT molecular complexity index is 869. The SMILES string of the molecule is CCc1ccc(OCC(=O)N(Cc2ccc(Cl)c(Cl)c2)[C@@H](C)C(=O)NC(C)C)cc1. The van der Waals surface area contributed by atoms with Crippen LogP contribution in [-0.2, 0) is 22.6 Å². The summed E-state index contributed by atoms with van der Waals surface area (Å²) in [7, 11) is 0. The van der Waals surface area contributed by atoms with Crippen molar-refractivity contribution in [2.45, 2.75) is 52.7 Å².